The maximum Gasteiger partial charge on any atom is 0.263 e. The molecule has 1 heterocycles. The number of carbonyl (C=O) groups excluding carboxylic acids is 1. The first-order chi connectivity index (χ1) is 11.2. The van der Waals surface area contributed by atoms with Gasteiger partial charge in [-0.3, -0.25) is 4.79 Å². The van der Waals surface area contributed by atoms with Gasteiger partial charge in [0.2, 0.25) is 0 Å². The quantitative estimate of drug-likeness (QED) is 0.605. The van der Waals surface area contributed by atoms with E-state index >= 15 is 0 Å². The molecule has 23 heavy (non-hydrogen) atoms. The number of hydrogen-bond donors (Lipinski definition) is 2. The maximum atomic E-state index is 12.0. The molecule has 2 rings (SSSR count). The van der Waals surface area contributed by atoms with Crippen LogP contribution in [-0.4, -0.2) is 17.4 Å². The lowest BCUT2D eigenvalue weighted by molar-refractivity contribution is -0.117. The molecule has 116 valence electrons. The summed E-state index contributed by atoms with van der Waals surface area (Å²) in [5, 5.41) is 14.7. The highest BCUT2D eigenvalue weighted by Gasteiger charge is 2.08. The molecule has 1 aromatic heterocycles. The Hall–Kier alpha value is -2.65. The Morgan fingerprint density at radius 3 is 2.70 bits per heavy atom. The molecule has 0 aliphatic heterocycles. The highest BCUT2D eigenvalue weighted by Crippen LogP contribution is 2.10. The molecule has 0 saturated carbocycles. The van der Waals surface area contributed by atoms with Crippen molar-refractivity contribution in [2.45, 2.75) is 6.42 Å². The number of carbonyl (C=O) groups is 1. The molecule has 2 N–H and O–H groups in total. The van der Waals surface area contributed by atoms with E-state index in [0.29, 0.717) is 18.8 Å². The van der Waals surface area contributed by atoms with E-state index in [-0.39, 0.29) is 5.57 Å². The van der Waals surface area contributed by atoms with E-state index in [9.17, 15) is 4.79 Å². The second-order valence-electron chi connectivity index (χ2n) is 4.67. The van der Waals surface area contributed by atoms with Crippen molar-refractivity contribution in [2.24, 2.45) is 0 Å². The number of anilines is 1. The molecule has 0 radical (unpaired) electrons. The minimum Gasteiger partial charge on any atom is -0.351 e. The fourth-order valence-electron chi connectivity index (χ4n) is 1.82. The van der Waals surface area contributed by atoms with Crippen LogP contribution in [0.1, 0.15) is 5.56 Å². The SMILES string of the molecule is N#C/C(=C/Nc1ccc(Br)cn1)C(=O)NCCc1ccccc1. The number of halogens is 1. The summed E-state index contributed by atoms with van der Waals surface area (Å²) in [7, 11) is 0. The molecule has 2 aromatic rings. The lowest BCUT2D eigenvalue weighted by atomic mass is 10.1. The molecular weight excluding hydrogens is 356 g/mol. The van der Waals surface area contributed by atoms with Gasteiger partial charge in [0.1, 0.15) is 17.5 Å². The normalized spacial score (nSPS) is 10.7. The summed E-state index contributed by atoms with van der Waals surface area (Å²) in [6, 6.07) is 15.3. The number of benzene rings is 1. The van der Waals surface area contributed by atoms with Crippen LogP contribution in [0.4, 0.5) is 5.82 Å². The van der Waals surface area contributed by atoms with E-state index < -0.39 is 5.91 Å². The monoisotopic (exact) mass is 370 g/mol. The largest absolute Gasteiger partial charge is 0.351 e. The van der Waals surface area contributed by atoms with Gasteiger partial charge in [-0.1, -0.05) is 30.3 Å². The van der Waals surface area contributed by atoms with Crippen molar-refractivity contribution in [3.05, 3.63) is 70.5 Å². The van der Waals surface area contributed by atoms with Crippen molar-refractivity contribution in [3.63, 3.8) is 0 Å². The molecule has 0 fully saturated rings. The van der Waals surface area contributed by atoms with Crippen LogP contribution in [0.5, 0.6) is 0 Å². The van der Waals surface area contributed by atoms with E-state index in [4.69, 9.17) is 5.26 Å². The van der Waals surface area contributed by atoms with Crippen LogP contribution < -0.4 is 10.6 Å². The zero-order valence-corrected chi connectivity index (χ0v) is 13.9. The van der Waals surface area contributed by atoms with Gasteiger partial charge in [-0.05, 0) is 40.0 Å². The van der Waals surface area contributed by atoms with Crippen LogP contribution in [-0.2, 0) is 11.2 Å². The summed E-state index contributed by atoms with van der Waals surface area (Å²) < 4.78 is 0.853. The average Bonchev–Trinajstić information content (AvgIpc) is 2.58. The maximum absolute atomic E-state index is 12.0. The first-order valence-corrected chi connectivity index (χ1v) is 7.79. The van der Waals surface area contributed by atoms with Crippen LogP contribution >= 0.6 is 15.9 Å². The standard InChI is InChI=1S/C17H15BrN4O/c18-15-6-7-16(22-12-15)21-11-14(10-19)17(23)20-9-8-13-4-2-1-3-5-13/h1-7,11-12H,8-9H2,(H,20,23)(H,21,22)/b14-11-. The third-order valence-electron chi connectivity index (χ3n) is 3.00. The molecule has 5 nitrogen and oxygen atoms in total. The molecule has 1 aromatic carbocycles. The van der Waals surface area contributed by atoms with Crippen molar-refractivity contribution < 1.29 is 4.79 Å². The number of pyridine rings is 1. The van der Waals surface area contributed by atoms with Crippen molar-refractivity contribution in [1.29, 1.82) is 5.26 Å². The second-order valence-corrected chi connectivity index (χ2v) is 5.58. The minimum atomic E-state index is -0.409. The first-order valence-electron chi connectivity index (χ1n) is 6.99. The molecular formula is C17H15BrN4O. The van der Waals surface area contributed by atoms with E-state index in [2.05, 4.69) is 31.5 Å². The Kier molecular flexibility index (Phi) is 6.33. The minimum absolute atomic E-state index is 0.00257. The summed E-state index contributed by atoms with van der Waals surface area (Å²) in [6.45, 7) is 0.471. The van der Waals surface area contributed by atoms with Crippen molar-refractivity contribution in [1.82, 2.24) is 10.3 Å². The number of aromatic nitrogens is 1. The zero-order chi connectivity index (χ0) is 16.5. The highest BCUT2D eigenvalue weighted by atomic mass is 79.9. The predicted molar refractivity (Wildman–Crippen MR) is 92.4 cm³/mol. The zero-order valence-electron chi connectivity index (χ0n) is 12.3. The number of nitrogens with one attached hydrogen (secondary N) is 2. The number of amides is 1. The van der Waals surface area contributed by atoms with Gasteiger partial charge >= 0.3 is 0 Å². The molecule has 0 aliphatic rings. The Bertz CT molecular complexity index is 721. The van der Waals surface area contributed by atoms with Gasteiger partial charge in [-0.25, -0.2) is 4.98 Å². The van der Waals surface area contributed by atoms with Crippen LogP contribution in [0.2, 0.25) is 0 Å². The highest BCUT2D eigenvalue weighted by molar-refractivity contribution is 9.10. The number of hydrogen-bond acceptors (Lipinski definition) is 4. The molecule has 6 heteroatoms. The van der Waals surface area contributed by atoms with Gasteiger partial charge in [0.15, 0.2) is 0 Å². The molecule has 0 aliphatic carbocycles. The molecule has 0 bridgehead atoms. The van der Waals surface area contributed by atoms with Crippen molar-refractivity contribution in [3.8, 4) is 6.07 Å². The third-order valence-corrected chi connectivity index (χ3v) is 3.47. The van der Waals surface area contributed by atoms with Crippen LogP contribution in [0.15, 0.2) is 64.9 Å². The Labute approximate surface area is 143 Å². The molecule has 0 unspecified atom stereocenters. The summed E-state index contributed by atoms with van der Waals surface area (Å²) in [5.41, 5.74) is 1.13. The second kappa shape index (κ2) is 8.71. The Balaban J connectivity index is 1.86. The van der Waals surface area contributed by atoms with Gasteiger partial charge in [0.25, 0.3) is 5.91 Å². The average molecular weight is 371 g/mol. The summed E-state index contributed by atoms with van der Waals surface area (Å²) >= 11 is 3.29. The van der Waals surface area contributed by atoms with E-state index in [1.807, 2.05) is 42.5 Å². The van der Waals surface area contributed by atoms with Crippen LogP contribution in [0.25, 0.3) is 0 Å². The van der Waals surface area contributed by atoms with Crippen LogP contribution in [0.3, 0.4) is 0 Å². The molecule has 1 amide bonds. The molecule has 0 atom stereocenters. The number of nitrogens with zero attached hydrogens (tertiary/aromatic N) is 2. The first kappa shape index (κ1) is 16.7. The third kappa shape index (κ3) is 5.57. The Morgan fingerprint density at radius 1 is 1.26 bits per heavy atom. The smallest absolute Gasteiger partial charge is 0.263 e. The Morgan fingerprint density at radius 2 is 2.04 bits per heavy atom. The van der Waals surface area contributed by atoms with E-state index in [0.717, 1.165) is 10.0 Å². The van der Waals surface area contributed by atoms with Gasteiger partial charge in [-0.15, -0.1) is 0 Å². The fraction of sp³-hybridized carbons (Fsp3) is 0.118. The van der Waals surface area contributed by atoms with Gasteiger partial charge in [0.05, 0.1) is 0 Å². The lowest BCUT2D eigenvalue weighted by Crippen LogP contribution is -2.27. The van der Waals surface area contributed by atoms with Crippen LogP contribution in [0, 0.1) is 11.3 Å². The summed E-state index contributed by atoms with van der Waals surface area (Å²) in [5.74, 6) is 0.145. The van der Waals surface area contributed by atoms with E-state index in [1.54, 1.807) is 12.3 Å². The number of nitriles is 1. The topological polar surface area (TPSA) is 77.8 Å². The lowest BCUT2D eigenvalue weighted by Gasteiger charge is -2.05. The molecule has 0 saturated heterocycles. The van der Waals surface area contributed by atoms with Crippen molar-refractivity contribution >= 4 is 27.7 Å². The number of rotatable bonds is 6. The van der Waals surface area contributed by atoms with E-state index in [1.165, 1.54) is 6.20 Å². The van der Waals surface area contributed by atoms with Gasteiger partial charge in [0, 0.05) is 23.4 Å². The fourth-order valence-corrected chi connectivity index (χ4v) is 2.05. The predicted octanol–water partition coefficient (Wildman–Crippen LogP) is 3.02. The molecule has 0 spiro atoms. The summed E-state index contributed by atoms with van der Waals surface area (Å²) in [4.78, 5) is 16.1. The van der Waals surface area contributed by atoms with Crippen molar-refractivity contribution in [2.75, 3.05) is 11.9 Å². The van der Waals surface area contributed by atoms with Gasteiger partial charge in [-0.2, -0.15) is 5.26 Å². The van der Waals surface area contributed by atoms with Gasteiger partial charge < -0.3 is 10.6 Å². The summed E-state index contributed by atoms with van der Waals surface area (Å²) in [6.07, 6.45) is 3.70.